The highest BCUT2D eigenvalue weighted by Crippen LogP contribution is 2.40. The van der Waals surface area contributed by atoms with Crippen LogP contribution in [-0.2, 0) is 6.54 Å². The zero-order chi connectivity index (χ0) is 21.1. The maximum atomic E-state index is 13.3. The summed E-state index contributed by atoms with van der Waals surface area (Å²) < 4.78 is 1.93. The third-order valence-corrected chi connectivity index (χ3v) is 7.46. The van der Waals surface area contributed by atoms with E-state index >= 15 is 0 Å². The Kier molecular flexibility index (Phi) is 6.86. The maximum absolute atomic E-state index is 13.3. The second-order valence-corrected chi connectivity index (χ2v) is 9.86. The van der Waals surface area contributed by atoms with Gasteiger partial charge in [-0.25, -0.2) is 4.98 Å². The van der Waals surface area contributed by atoms with Crippen LogP contribution in [0.25, 0.3) is 11.1 Å². The van der Waals surface area contributed by atoms with Crippen molar-refractivity contribution in [1.29, 1.82) is 0 Å². The van der Waals surface area contributed by atoms with Crippen LogP contribution in [0.15, 0.2) is 72.6 Å². The fraction of sp³-hybridized carbons (Fsp3) is 0.0909. The largest absolute Gasteiger partial charge is 0.336 e. The summed E-state index contributed by atoms with van der Waals surface area (Å²) in [5.74, 6) is 0. The Hall–Kier alpha value is -1.76. The van der Waals surface area contributed by atoms with Crippen molar-refractivity contribution >= 4 is 63.0 Å². The molecule has 2 aromatic carbocycles. The molecule has 8 heteroatoms. The van der Waals surface area contributed by atoms with E-state index in [1.54, 1.807) is 24.7 Å². The van der Waals surface area contributed by atoms with Gasteiger partial charge in [-0.1, -0.05) is 64.8 Å². The van der Waals surface area contributed by atoms with Crippen LogP contribution in [0.5, 0.6) is 0 Å². The van der Waals surface area contributed by atoms with Crippen LogP contribution in [0.1, 0.15) is 20.5 Å². The Morgan fingerprint density at radius 2 is 1.83 bits per heavy atom. The van der Waals surface area contributed by atoms with Gasteiger partial charge in [0, 0.05) is 39.6 Å². The highest BCUT2D eigenvalue weighted by atomic mass is 35.5. The lowest BCUT2D eigenvalue weighted by atomic mass is 10.1. The van der Waals surface area contributed by atoms with E-state index in [-0.39, 0.29) is 10.4 Å². The first kappa shape index (κ1) is 21.5. The molecule has 2 heterocycles. The molecular formula is C22H15Cl3N2OS2. The summed E-state index contributed by atoms with van der Waals surface area (Å²) in [6, 6.07) is 14.8. The second kappa shape index (κ2) is 9.58. The number of halogens is 3. The summed E-state index contributed by atoms with van der Waals surface area (Å²) in [6.45, 7) is 0.555. The molecule has 0 aliphatic carbocycles. The van der Waals surface area contributed by atoms with Gasteiger partial charge in [0.15, 0.2) is 0 Å². The summed E-state index contributed by atoms with van der Waals surface area (Å²) in [6.07, 6.45) is 5.31. The van der Waals surface area contributed by atoms with E-state index in [0.717, 1.165) is 16.7 Å². The van der Waals surface area contributed by atoms with Gasteiger partial charge in [0.2, 0.25) is 5.12 Å². The molecule has 1 atom stereocenters. The van der Waals surface area contributed by atoms with Gasteiger partial charge in [-0.3, -0.25) is 4.79 Å². The van der Waals surface area contributed by atoms with E-state index < -0.39 is 0 Å². The first-order valence-corrected chi connectivity index (χ1v) is 11.9. The van der Waals surface area contributed by atoms with Crippen molar-refractivity contribution in [3.8, 4) is 11.1 Å². The molecule has 0 radical (unpaired) electrons. The van der Waals surface area contributed by atoms with Gasteiger partial charge in [0.05, 0.1) is 16.5 Å². The van der Waals surface area contributed by atoms with E-state index in [2.05, 4.69) is 4.98 Å². The van der Waals surface area contributed by atoms with Gasteiger partial charge in [0.25, 0.3) is 0 Å². The normalized spacial score (nSPS) is 12.1. The van der Waals surface area contributed by atoms with E-state index in [0.29, 0.717) is 26.5 Å². The number of rotatable bonds is 6. The molecule has 1 unspecified atom stereocenters. The molecule has 3 nitrogen and oxygen atoms in total. The van der Waals surface area contributed by atoms with E-state index in [1.807, 2.05) is 52.5 Å². The Labute approximate surface area is 197 Å². The first-order valence-electron chi connectivity index (χ1n) is 8.96. The average Bonchev–Trinajstić information content (AvgIpc) is 3.40. The molecule has 0 spiro atoms. The van der Waals surface area contributed by atoms with Gasteiger partial charge in [-0.15, -0.1) is 11.3 Å². The Bertz CT molecular complexity index is 1160. The number of imidazole rings is 1. The number of carbonyl (C=O) groups excluding carboxylic acids is 1. The number of hydrogen-bond acceptors (Lipinski definition) is 4. The monoisotopic (exact) mass is 492 g/mol. The summed E-state index contributed by atoms with van der Waals surface area (Å²) in [5.41, 5.74) is 2.72. The van der Waals surface area contributed by atoms with Gasteiger partial charge in [-0.05, 0) is 46.8 Å². The molecule has 0 saturated heterocycles. The number of benzene rings is 2. The molecule has 0 N–H and O–H groups in total. The van der Waals surface area contributed by atoms with Crippen molar-refractivity contribution in [3.05, 3.63) is 98.1 Å². The van der Waals surface area contributed by atoms with Crippen molar-refractivity contribution in [2.75, 3.05) is 0 Å². The molecule has 4 aromatic rings. The average molecular weight is 494 g/mol. The number of thioether (sulfide) groups is 1. The van der Waals surface area contributed by atoms with Gasteiger partial charge in [0.1, 0.15) is 0 Å². The molecule has 0 amide bonds. The smallest absolute Gasteiger partial charge is 0.230 e. The summed E-state index contributed by atoms with van der Waals surface area (Å²) in [7, 11) is 0. The van der Waals surface area contributed by atoms with Crippen molar-refractivity contribution in [2.24, 2.45) is 0 Å². The third-order valence-electron chi connectivity index (χ3n) is 4.50. The Morgan fingerprint density at radius 1 is 1.07 bits per heavy atom. The number of carbonyl (C=O) groups is 1. The quantitative estimate of drug-likeness (QED) is 0.274. The van der Waals surface area contributed by atoms with Crippen molar-refractivity contribution in [3.63, 3.8) is 0 Å². The number of hydrogen-bond donors (Lipinski definition) is 0. The predicted molar refractivity (Wildman–Crippen MR) is 128 cm³/mol. The molecule has 152 valence electrons. The van der Waals surface area contributed by atoms with Gasteiger partial charge < -0.3 is 4.57 Å². The lowest BCUT2D eigenvalue weighted by molar-refractivity contribution is 0.109. The minimum atomic E-state index is -0.198. The van der Waals surface area contributed by atoms with E-state index in [1.165, 1.54) is 23.1 Å². The van der Waals surface area contributed by atoms with Crippen molar-refractivity contribution in [1.82, 2.24) is 9.55 Å². The van der Waals surface area contributed by atoms with Crippen LogP contribution in [0.3, 0.4) is 0 Å². The topological polar surface area (TPSA) is 34.9 Å². The minimum absolute atomic E-state index is 0.00826. The van der Waals surface area contributed by atoms with Crippen molar-refractivity contribution in [2.45, 2.75) is 11.8 Å². The number of thiophene rings is 1. The van der Waals surface area contributed by atoms with Crippen LogP contribution in [-0.4, -0.2) is 14.7 Å². The summed E-state index contributed by atoms with van der Waals surface area (Å²) in [5, 5.41) is 3.48. The standard InChI is InChI=1S/C22H15Cl3N2OS2/c23-15-3-1-14(2-4-15)17-7-10-29-21(17)22(28)30-20(12-27-9-8-26-13-27)18-6-5-16(24)11-19(18)25/h1-11,13,20H,12H2. The van der Waals surface area contributed by atoms with Crippen molar-refractivity contribution < 1.29 is 4.79 Å². The molecule has 0 fully saturated rings. The lowest BCUT2D eigenvalue weighted by Gasteiger charge is -2.18. The first-order chi connectivity index (χ1) is 14.5. The van der Waals surface area contributed by atoms with Gasteiger partial charge in [-0.2, -0.15) is 0 Å². The van der Waals surface area contributed by atoms with Gasteiger partial charge >= 0.3 is 0 Å². The lowest BCUT2D eigenvalue weighted by Crippen LogP contribution is -2.08. The molecule has 2 aromatic heterocycles. The molecule has 4 rings (SSSR count). The predicted octanol–water partition coefficient (Wildman–Crippen LogP) is 7.89. The van der Waals surface area contributed by atoms with Crippen LogP contribution < -0.4 is 0 Å². The molecule has 0 saturated carbocycles. The Balaban J connectivity index is 1.64. The number of nitrogens with zero attached hydrogens (tertiary/aromatic N) is 2. The molecule has 0 aliphatic rings. The highest BCUT2D eigenvalue weighted by Gasteiger charge is 2.24. The highest BCUT2D eigenvalue weighted by molar-refractivity contribution is 8.14. The molecule has 0 bridgehead atoms. The van der Waals surface area contributed by atoms with Crippen LogP contribution >= 0.6 is 57.9 Å². The summed E-state index contributed by atoms with van der Waals surface area (Å²) >= 11 is 21.2. The third kappa shape index (κ3) is 4.93. The Morgan fingerprint density at radius 3 is 2.53 bits per heavy atom. The minimum Gasteiger partial charge on any atom is -0.336 e. The number of aromatic nitrogens is 2. The fourth-order valence-corrected chi connectivity index (χ4v) is 5.88. The summed E-state index contributed by atoms with van der Waals surface area (Å²) in [4.78, 5) is 18.1. The molecule has 30 heavy (non-hydrogen) atoms. The van der Waals surface area contributed by atoms with E-state index in [4.69, 9.17) is 34.8 Å². The molecular weight excluding hydrogens is 479 g/mol. The van der Waals surface area contributed by atoms with E-state index in [9.17, 15) is 4.79 Å². The molecule has 0 aliphatic heterocycles. The fourth-order valence-electron chi connectivity index (χ4n) is 3.05. The van der Waals surface area contributed by atoms with Crippen LogP contribution in [0.4, 0.5) is 0 Å². The maximum Gasteiger partial charge on any atom is 0.230 e. The zero-order valence-corrected chi connectivity index (χ0v) is 19.4. The zero-order valence-electron chi connectivity index (χ0n) is 15.5. The van der Waals surface area contributed by atoms with Crippen LogP contribution in [0.2, 0.25) is 15.1 Å². The second-order valence-electron chi connectivity index (χ2n) is 6.49. The SMILES string of the molecule is O=C(SC(Cn1ccnc1)c1ccc(Cl)cc1Cl)c1sccc1-c1ccc(Cl)cc1. The van der Waals surface area contributed by atoms with Crippen LogP contribution in [0, 0.1) is 0 Å².